The average molecular weight is 436 g/mol. The lowest BCUT2D eigenvalue weighted by Gasteiger charge is -2.11. The first-order valence-electron chi connectivity index (χ1n) is 8.64. The first kappa shape index (κ1) is 21.0. The van der Waals surface area contributed by atoms with Gasteiger partial charge in [0, 0.05) is 22.8 Å². The molecule has 1 unspecified atom stereocenters. The number of nitrogens with zero attached hydrogens (tertiary/aromatic N) is 2. The second-order valence-electron chi connectivity index (χ2n) is 6.20. The molecule has 1 aromatic carbocycles. The number of anilines is 1. The van der Waals surface area contributed by atoms with E-state index in [1.807, 2.05) is 12.3 Å². The monoisotopic (exact) mass is 435 g/mol. The molecule has 0 aliphatic heterocycles. The number of carbonyl (C=O) groups is 2. The Hall–Kier alpha value is -2.72. The van der Waals surface area contributed by atoms with Gasteiger partial charge in [0.25, 0.3) is 5.56 Å². The van der Waals surface area contributed by atoms with Crippen molar-refractivity contribution in [3.8, 4) is 0 Å². The highest BCUT2D eigenvalue weighted by Crippen LogP contribution is 2.16. The van der Waals surface area contributed by atoms with Gasteiger partial charge >= 0.3 is 5.97 Å². The molecular formula is C19H18FN3O4S2. The van der Waals surface area contributed by atoms with E-state index in [4.69, 9.17) is 4.74 Å². The fourth-order valence-corrected chi connectivity index (χ4v) is 4.00. The third-order valence-electron chi connectivity index (χ3n) is 3.92. The number of thioether (sulfide) groups is 1. The maximum absolute atomic E-state index is 12.9. The number of amides is 1. The molecule has 3 rings (SSSR count). The Labute approximate surface area is 173 Å². The third-order valence-corrected chi connectivity index (χ3v) is 5.98. The Morgan fingerprint density at radius 1 is 1.34 bits per heavy atom. The maximum atomic E-state index is 12.9. The van der Waals surface area contributed by atoms with Gasteiger partial charge in [-0.25, -0.2) is 9.37 Å². The summed E-state index contributed by atoms with van der Waals surface area (Å²) in [6.07, 6.45) is 0. The first-order valence-corrected chi connectivity index (χ1v) is 10.6. The van der Waals surface area contributed by atoms with E-state index in [2.05, 4.69) is 10.3 Å². The van der Waals surface area contributed by atoms with Crippen LogP contribution in [0.3, 0.4) is 0 Å². The van der Waals surface area contributed by atoms with Crippen molar-refractivity contribution in [2.24, 2.45) is 0 Å². The van der Waals surface area contributed by atoms with Crippen molar-refractivity contribution in [2.45, 2.75) is 25.7 Å². The summed E-state index contributed by atoms with van der Waals surface area (Å²) < 4.78 is 19.6. The maximum Gasteiger partial charge on any atom is 0.319 e. The van der Waals surface area contributed by atoms with Crippen LogP contribution in [0.5, 0.6) is 0 Å². The van der Waals surface area contributed by atoms with Gasteiger partial charge in [-0.15, -0.1) is 23.1 Å². The van der Waals surface area contributed by atoms with Crippen LogP contribution in [-0.2, 0) is 20.9 Å². The third kappa shape index (κ3) is 5.42. The van der Waals surface area contributed by atoms with Gasteiger partial charge in [-0.05, 0) is 38.1 Å². The average Bonchev–Trinajstić information content (AvgIpc) is 3.07. The number of thiazole rings is 1. The quantitative estimate of drug-likeness (QED) is 0.574. The molecule has 0 bridgehead atoms. The smallest absolute Gasteiger partial charge is 0.319 e. The largest absolute Gasteiger partial charge is 0.458 e. The van der Waals surface area contributed by atoms with E-state index in [0.717, 1.165) is 17.5 Å². The van der Waals surface area contributed by atoms with Gasteiger partial charge in [0.1, 0.15) is 17.7 Å². The van der Waals surface area contributed by atoms with Crippen LogP contribution in [0.25, 0.3) is 4.96 Å². The molecular weight excluding hydrogens is 417 g/mol. The standard InChI is InChI=1S/C19H18FN3O4S2/c1-11-9-29-19-22-15(7-17(25)23(11)19)8-27-18(26)12(2)28-10-16(24)21-14-5-3-13(20)4-6-14/h3-7,9,12H,8,10H2,1-2H3,(H,21,24). The molecule has 2 aromatic heterocycles. The molecule has 3 aromatic rings. The fraction of sp³-hybridized carbons (Fsp3) is 0.263. The van der Waals surface area contributed by atoms with Crippen molar-refractivity contribution in [3.05, 3.63) is 63.3 Å². The highest BCUT2D eigenvalue weighted by Gasteiger charge is 2.18. The number of hydrogen-bond donors (Lipinski definition) is 1. The minimum Gasteiger partial charge on any atom is -0.458 e. The second kappa shape index (κ2) is 9.19. The predicted molar refractivity (Wildman–Crippen MR) is 111 cm³/mol. The normalized spacial score (nSPS) is 12.0. The molecule has 1 N–H and O–H groups in total. The van der Waals surface area contributed by atoms with E-state index in [0.29, 0.717) is 16.3 Å². The van der Waals surface area contributed by atoms with Crippen molar-refractivity contribution in [1.82, 2.24) is 9.38 Å². The van der Waals surface area contributed by atoms with Crippen LogP contribution in [0, 0.1) is 12.7 Å². The first-order chi connectivity index (χ1) is 13.8. The SMILES string of the molecule is Cc1csc2nc(COC(=O)C(C)SCC(=O)Nc3ccc(F)cc3)cc(=O)n12. The molecule has 0 aliphatic rings. The minimum absolute atomic E-state index is 0.0354. The Kier molecular flexibility index (Phi) is 6.65. The Morgan fingerprint density at radius 2 is 2.07 bits per heavy atom. The highest BCUT2D eigenvalue weighted by atomic mass is 32.2. The van der Waals surface area contributed by atoms with Crippen LogP contribution in [0.1, 0.15) is 18.3 Å². The van der Waals surface area contributed by atoms with Gasteiger partial charge in [0.2, 0.25) is 5.91 Å². The number of rotatable bonds is 7. The van der Waals surface area contributed by atoms with E-state index in [1.165, 1.54) is 46.1 Å². The molecule has 29 heavy (non-hydrogen) atoms. The molecule has 1 atom stereocenters. The van der Waals surface area contributed by atoms with E-state index >= 15 is 0 Å². The molecule has 0 aliphatic carbocycles. The van der Waals surface area contributed by atoms with E-state index in [-0.39, 0.29) is 29.6 Å². The molecule has 1 amide bonds. The molecule has 7 nitrogen and oxygen atoms in total. The summed E-state index contributed by atoms with van der Waals surface area (Å²) in [6.45, 7) is 3.33. The van der Waals surface area contributed by atoms with Gasteiger partial charge in [0.15, 0.2) is 4.96 Å². The Bertz CT molecular complexity index is 1100. The number of aromatic nitrogens is 2. The van der Waals surface area contributed by atoms with Crippen LogP contribution in [0.15, 0.2) is 40.5 Å². The summed E-state index contributed by atoms with van der Waals surface area (Å²) in [6, 6.07) is 6.75. The molecule has 0 fully saturated rings. The molecule has 0 saturated carbocycles. The molecule has 152 valence electrons. The molecule has 10 heteroatoms. The van der Waals surface area contributed by atoms with Gasteiger partial charge in [-0.3, -0.25) is 18.8 Å². The number of benzene rings is 1. The number of hydrogen-bond acceptors (Lipinski definition) is 7. The minimum atomic E-state index is -0.581. The van der Waals surface area contributed by atoms with Crippen molar-refractivity contribution in [1.29, 1.82) is 0 Å². The van der Waals surface area contributed by atoms with Crippen LogP contribution >= 0.6 is 23.1 Å². The summed E-state index contributed by atoms with van der Waals surface area (Å²) in [7, 11) is 0. The number of halogens is 1. The van der Waals surface area contributed by atoms with Crippen molar-refractivity contribution in [2.75, 3.05) is 11.1 Å². The lowest BCUT2D eigenvalue weighted by Crippen LogP contribution is -2.22. The number of fused-ring (bicyclic) bond motifs is 1. The number of nitrogens with one attached hydrogen (secondary N) is 1. The van der Waals surface area contributed by atoms with E-state index in [9.17, 15) is 18.8 Å². The van der Waals surface area contributed by atoms with Gasteiger partial charge in [-0.1, -0.05) is 0 Å². The van der Waals surface area contributed by atoms with Gasteiger partial charge in [-0.2, -0.15) is 0 Å². The Balaban J connectivity index is 1.48. The van der Waals surface area contributed by atoms with E-state index in [1.54, 1.807) is 6.92 Å². The van der Waals surface area contributed by atoms with Crippen LogP contribution in [0.4, 0.5) is 10.1 Å². The molecule has 0 radical (unpaired) electrons. The number of esters is 1. The van der Waals surface area contributed by atoms with Crippen LogP contribution in [-0.4, -0.2) is 32.3 Å². The number of carbonyl (C=O) groups excluding carboxylic acids is 2. The lowest BCUT2D eigenvalue weighted by atomic mass is 10.3. The van der Waals surface area contributed by atoms with Gasteiger partial charge in [0.05, 0.1) is 11.4 Å². The summed E-state index contributed by atoms with van der Waals surface area (Å²) >= 11 is 2.45. The summed E-state index contributed by atoms with van der Waals surface area (Å²) in [5, 5.41) is 3.87. The zero-order chi connectivity index (χ0) is 21.0. The van der Waals surface area contributed by atoms with Crippen LogP contribution < -0.4 is 10.9 Å². The lowest BCUT2D eigenvalue weighted by molar-refractivity contribution is -0.144. The van der Waals surface area contributed by atoms with Gasteiger partial charge < -0.3 is 10.1 Å². The summed E-state index contributed by atoms with van der Waals surface area (Å²) in [4.78, 5) is 41.1. The highest BCUT2D eigenvalue weighted by molar-refractivity contribution is 8.01. The zero-order valence-corrected chi connectivity index (χ0v) is 17.3. The van der Waals surface area contributed by atoms with Crippen molar-refractivity contribution >= 4 is 45.6 Å². The topological polar surface area (TPSA) is 89.8 Å². The van der Waals surface area contributed by atoms with Crippen molar-refractivity contribution < 1.29 is 18.7 Å². The van der Waals surface area contributed by atoms with Crippen molar-refractivity contribution in [3.63, 3.8) is 0 Å². The Morgan fingerprint density at radius 3 is 2.79 bits per heavy atom. The number of aryl methyl sites for hydroxylation is 1. The second-order valence-corrected chi connectivity index (χ2v) is 8.36. The van der Waals surface area contributed by atoms with Crippen LogP contribution in [0.2, 0.25) is 0 Å². The summed E-state index contributed by atoms with van der Waals surface area (Å²) in [5.41, 5.74) is 1.43. The fourth-order valence-electron chi connectivity index (χ4n) is 2.44. The molecule has 0 spiro atoms. The number of ether oxygens (including phenoxy) is 1. The summed E-state index contributed by atoms with van der Waals surface area (Å²) in [5.74, 6) is -1.17. The zero-order valence-electron chi connectivity index (χ0n) is 15.7. The van der Waals surface area contributed by atoms with E-state index < -0.39 is 11.2 Å². The molecule has 2 heterocycles. The predicted octanol–water partition coefficient (Wildman–Crippen LogP) is 3.01. The molecule has 0 saturated heterocycles.